The van der Waals surface area contributed by atoms with E-state index < -0.39 is 17.1 Å². The molecule has 102 valence electrons. The summed E-state index contributed by atoms with van der Waals surface area (Å²) < 4.78 is 16.6. The Bertz CT molecular complexity index is 658. The number of nitrogens with zero attached hydrogens (tertiary/aromatic N) is 3. The summed E-state index contributed by atoms with van der Waals surface area (Å²) in [6.07, 6.45) is 1.24. The third kappa shape index (κ3) is 3.10. The zero-order valence-electron chi connectivity index (χ0n) is 10.5. The molecule has 19 heavy (non-hydrogen) atoms. The average Bonchev–Trinajstić information content (AvgIpc) is 2.59. The van der Waals surface area contributed by atoms with Gasteiger partial charge >= 0.3 is 5.69 Å². The largest absolute Gasteiger partial charge is 0.389 e. The smallest absolute Gasteiger partial charge is 0.350 e. The van der Waals surface area contributed by atoms with Crippen LogP contribution in [0, 0.1) is 5.82 Å². The van der Waals surface area contributed by atoms with Crippen LogP contribution in [0.25, 0.3) is 5.69 Å². The Morgan fingerprint density at radius 3 is 2.74 bits per heavy atom. The van der Waals surface area contributed by atoms with Gasteiger partial charge in [-0.1, -0.05) is 15.9 Å². The molecule has 0 amide bonds. The molecule has 0 radical (unpaired) electrons. The minimum atomic E-state index is -1.07. The van der Waals surface area contributed by atoms with E-state index in [1.54, 1.807) is 19.9 Å². The fourth-order valence-electron chi connectivity index (χ4n) is 1.65. The molecule has 0 saturated carbocycles. The fourth-order valence-corrected chi connectivity index (χ4v) is 1.99. The first-order valence-electron chi connectivity index (χ1n) is 5.60. The van der Waals surface area contributed by atoms with E-state index >= 15 is 0 Å². The van der Waals surface area contributed by atoms with Crippen molar-refractivity contribution >= 4 is 15.9 Å². The molecule has 1 N–H and O–H groups in total. The molecular formula is C12H13BrFN3O2. The number of aromatic nitrogens is 3. The lowest BCUT2D eigenvalue weighted by Crippen LogP contribution is -2.34. The zero-order chi connectivity index (χ0) is 14.2. The van der Waals surface area contributed by atoms with Crippen LogP contribution in [-0.2, 0) is 6.54 Å². The van der Waals surface area contributed by atoms with Crippen molar-refractivity contribution in [2.45, 2.75) is 26.0 Å². The fraction of sp³-hybridized carbons (Fsp3) is 0.333. The van der Waals surface area contributed by atoms with Gasteiger partial charge in [0.25, 0.3) is 0 Å². The summed E-state index contributed by atoms with van der Waals surface area (Å²) in [5, 5.41) is 13.5. The third-order valence-electron chi connectivity index (χ3n) is 2.44. The monoisotopic (exact) mass is 329 g/mol. The van der Waals surface area contributed by atoms with Crippen molar-refractivity contribution < 1.29 is 9.50 Å². The van der Waals surface area contributed by atoms with Crippen LogP contribution in [0.15, 0.2) is 33.8 Å². The highest BCUT2D eigenvalue weighted by Crippen LogP contribution is 2.17. The van der Waals surface area contributed by atoms with E-state index in [1.807, 2.05) is 0 Å². The maximum Gasteiger partial charge on any atom is 0.350 e. The van der Waals surface area contributed by atoms with Crippen LogP contribution in [0.3, 0.4) is 0 Å². The summed E-state index contributed by atoms with van der Waals surface area (Å²) in [6, 6.07) is 4.39. The third-order valence-corrected chi connectivity index (χ3v) is 2.93. The molecular weight excluding hydrogens is 317 g/mol. The van der Waals surface area contributed by atoms with Gasteiger partial charge in [0.05, 0.1) is 17.8 Å². The topological polar surface area (TPSA) is 60.0 Å². The van der Waals surface area contributed by atoms with Gasteiger partial charge in [0.1, 0.15) is 12.1 Å². The van der Waals surface area contributed by atoms with E-state index in [0.29, 0.717) is 4.47 Å². The summed E-state index contributed by atoms with van der Waals surface area (Å²) in [5.41, 5.74) is -1.44. The second-order valence-electron chi connectivity index (χ2n) is 4.85. The Hall–Kier alpha value is -1.47. The molecule has 1 aromatic carbocycles. The number of hydrogen-bond acceptors (Lipinski definition) is 3. The molecule has 0 aliphatic heterocycles. The van der Waals surface area contributed by atoms with E-state index in [1.165, 1.54) is 18.5 Å². The molecule has 0 spiro atoms. The number of rotatable bonds is 3. The van der Waals surface area contributed by atoms with E-state index in [-0.39, 0.29) is 12.2 Å². The van der Waals surface area contributed by atoms with Crippen molar-refractivity contribution in [2.75, 3.05) is 0 Å². The van der Waals surface area contributed by atoms with Crippen LogP contribution in [0.4, 0.5) is 4.39 Å². The van der Waals surface area contributed by atoms with Crippen LogP contribution >= 0.6 is 15.9 Å². The number of halogens is 2. The normalized spacial score (nSPS) is 11.8. The van der Waals surface area contributed by atoms with Gasteiger partial charge in [0.2, 0.25) is 0 Å². The predicted molar refractivity (Wildman–Crippen MR) is 71.8 cm³/mol. The molecule has 0 saturated heterocycles. The summed E-state index contributed by atoms with van der Waals surface area (Å²) in [6.45, 7) is 3.17. The molecule has 0 unspecified atom stereocenters. The molecule has 2 rings (SSSR count). The van der Waals surface area contributed by atoms with E-state index in [2.05, 4.69) is 21.0 Å². The Morgan fingerprint density at radius 1 is 1.47 bits per heavy atom. The Balaban J connectivity index is 2.45. The Labute approximate surface area is 117 Å². The first-order chi connectivity index (χ1) is 8.78. The first-order valence-corrected chi connectivity index (χ1v) is 6.39. The Morgan fingerprint density at radius 2 is 2.16 bits per heavy atom. The van der Waals surface area contributed by atoms with Crippen LogP contribution < -0.4 is 5.69 Å². The van der Waals surface area contributed by atoms with Gasteiger partial charge in [-0.3, -0.25) is 0 Å². The van der Waals surface area contributed by atoms with Crippen LogP contribution in [-0.4, -0.2) is 25.1 Å². The molecule has 2 aromatic rings. The summed E-state index contributed by atoms with van der Waals surface area (Å²) in [5.74, 6) is -0.528. The maximum absolute atomic E-state index is 13.8. The molecule has 1 aromatic heterocycles. The summed E-state index contributed by atoms with van der Waals surface area (Å²) in [7, 11) is 0. The minimum absolute atomic E-state index is 0.0387. The summed E-state index contributed by atoms with van der Waals surface area (Å²) >= 11 is 3.15. The van der Waals surface area contributed by atoms with Crippen molar-refractivity contribution in [1.29, 1.82) is 0 Å². The highest BCUT2D eigenvalue weighted by atomic mass is 79.9. The van der Waals surface area contributed by atoms with Crippen molar-refractivity contribution in [3.05, 3.63) is 45.3 Å². The molecule has 0 atom stereocenters. The standard InChI is InChI=1S/C12H13BrFN3O2/c1-12(2,19)6-17-11(18)16(7-15-17)10-4-3-8(13)5-9(10)14/h3-5,7,19H,6H2,1-2H3. The van der Waals surface area contributed by atoms with Crippen LogP contribution in [0.5, 0.6) is 0 Å². The van der Waals surface area contributed by atoms with Gasteiger partial charge in [-0.15, -0.1) is 0 Å². The molecule has 0 aliphatic rings. The van der Waals surface area contributed by atoms with Gasteiger partial charge in [-0.05, 0) is 32.0 Å². The SMILES string of the molecule is CC(C)(O)Cn1ncn(-c2ccc(Br)cc2F)c1=O. The quantitative estimate of drug-likeness (QED) is 0.932. The molecule has 1 heterocycles. The van der Waals surface area contributed by atoms with Gasteiger partial charge in [0, 0.05) is 4.47 Å². The van der Waals surface area contributed by atoms with E-state index in [0.717, 1.165) is 9.25 Å². The highest BCUT2D eigenvalue weighted by Gasteiger charge is 2.18. The number of hydrogen-bond donors (Lipinski definition) is 1. The number of benzene rings is 1. The first kappa shape index (κ1) is 14.0. The molecule has 0 fully saturated rings. The molecule has 0 bridgehead atoms. The van der Waals surface area contributed by atoms with Crippen molar-refractivity contribution in [1.82, 2.24) is 14.3 Å². The van der Waals surface area contributed by atoms with Crippen LogP contribution in [0.2, 0.25) is 0 Å². The van der Waals surface area contributed by atoms with Crippen molar-refractivity contribution in [2.24, 2.45) is 0 Å². The van der Waals surface area contributed by atoms with Gasteiger partial charge in [-0.25, -0.2) is 18.4 Å². The van der Waals surface area contributed by atoms with Crippen molar-refractivity contribution in [3.63, 3.8) is 0 Å². The summed E-state index contributed by atoms with van der Waals surface area (Å²) in [4.78, 5) is 12.1. The lowest BCUT2D eigenvalue weighted by Gasteiger charge is -2.15. The molecule has 0 aliphatic carbocycles. The van der Waals surface area contributed by atoms with E-state index in [9.17, 15) is 14.3 Å². The van der Waals surface area contributed by atoms with E-state index in [4.69, 9.17) is 0 Å². The lowest BCUT2D eigenvalue weighted by molar-refractivity contribution is 0.0564. The minimum Gasteiger partial charge on any atom is -0.389 e. The maximum atomic E-state index is 13.8. The zero-order valence-corrected chi connectivity index (χ0v) is 12.1. The Kier molecular flexibility index (Phi) is 3.60. The molecule has 5 nitrogen and oxygen atoms in total. The average molecular weight is 330 g/mol. The predicted octanol–water partition coefficient (Wildman–Crippen LogP) is 1.71. The highest BCUT2D eigenvalue weighted by molar-refractivity contribution is 9.10. The van der Waals surface area contributed by atoms with Gasteiger partial charge in [0.15, 0.2) is 0 Å². The van der Waals surface area contributed by atoms with Gasteiger partial charge in [-0.2, -0.15) is 5.10 Å². The van der Waals surface area contributed by atoms with Crippen LogP contribution in [0.1, 0.15) is 13.8 Å². The second kappa shape index (κ2) is 4.90. The van der Waals surface area contributed by atoms with Gasteiger partial charge < -0.3 is 5.11 Å². The second-order valence-corrected chi connectivity index (χ2v) is 5.77. The molecule has 7 heteroatoms. The lowest BCUT2D eigenvalue weighted by atomic mass is 10.1. The number of aliphatic hydroxyl groups is 1. The van der Waals surface area contributed by atoms with Crippen molar-refractivity contribution in [3.8, 4) is 5.69 Å².